The van der Waals surface area contributed by atoms with E-state index < -0.39 is 5.54 Å². The fourth-order valence-electron chi connectivity index (χ4n) is 5.52. The zero-order valence-electron chi connectivity index (χ0n) is 25.0. The number of carbonyl (C=O) groups excluding carboxylic acids is 1. The minimum absolute atomic E-state index is 0.0432. The molecule has 2 aliphatic heterocycles. The van der Waals surface area contributed by atoms with Crippen molar-refractivity contribution >= 4 is 39.9 Å². The van der Waals surface area contributed by atoms with Gasteiger partial charge in [-0.05, 0) is 79.5 Å². The van der Waals surface area contributed by atoms with Crippen LogP contribution in [0.5, 0.6) is 17.2 Å². The highest BCUT2D eigenvalue weighted by Crippen LogP contribution is 2.48. The molecule has 2 aliphatic rings. The Morgan fingerprint density at radius 2 is 1.73 bits per heavy atom. The van der Waals surface area contributed by atoms with Gasteiger partial charge in [-0.25, -0.2) is 0 Å². The topological polar surface area (TPSA) is 84.3 Å². The van der Waals surface area contributed by atoms with Gasteiger partial charge in [-0.1, -0.05) is 20.8 Å². The molecule has 2 aromatic carbocycles. The smallest absolute Gasteiger partial charge is 0.182 e. The molecule has 9 heteroatoms. The van der Waals surface area contributed by atoms with Crippen molar-refractivity contribution in [2.75, 3.05) is 58.1 Å². The van der Waals surface area contributed by atoms with Crippen LogP contribution >= 0.6 is 22.6 Å². The lowest BCUT2D eigenvalue weighted by molar-refractivity contribution is 0.0920. The zero-order chi connectivity index (χ0) is 29.4. The molecular formula is C31H42IN3O5. The normalized spacial score (nSPS) is 16.7. The first-order valence-electron chi connectivity index (χ1n) is 13.9. The summed E-state index contributed by atoms with van der Waals surface area (Å²) < 4.78 is 24.2. The van der Waals surface area contributed by atoms with Crippen LogP contribution in [0, 0.1) is 8.98 Å². The number of anilines is 1. The van der Waals surface area contributed by atoms with Crippen LogP contribution in [0.25, 0.3) is 0 Å². The van der Waals surface area contributed by atoms with Crippen molar-refractivity contribution in [3.05, 3.63) is 44.0 Å². The molecule has 218 valence electrons. The molecule has 4 rings (SSSR count). The minimum Gasteiger partial charge on any atom is -0.494 e. The summed E-state index contributed by atoms with van der Waals surface area (Å²) in [4.78, 5) is 18.2. The summed E-state index contributed by atoms with van der Waals surface area (Å²) in [7, 11) is 1.69. The average Bonchev–Trinajstić information content (AvgIpc) is 3.10. The molecule has 2 aromatic rings. The van der Waals surface area contributed by atoms with E-state index in [1.807, 2.05) is 36.9 Å². The van der Waals surface area contributed by atoms with Crippen molar-refractivity contribution in [2.45, 2.75) is 59.4 Å². The van der Waals surface area contributed by atoms with E-state index in [1.165, 1.54) is 0 Å². The Kier molecular flexibility index (Phi) is 8.94. The molecule has 2 heterocycles. The van der Waals surface area contributed by atoms with Crippen molar-refractivity contribution in [2.24, 2.45) is 0 Å². The quantitative estimate of drug-likeness (QED) is 0.261. The zero-order valence-corrected chi connectivity index (χ0v) is 27.2. The summed E-state index contributed by atoms with van der Waals surface area (Å²) in [5.41, 5.74) is 3.44. The third-order valence-corrected chi connectivity index (χ3v) is 8.70. The summed E-state index contributed by atoms with van der Waals surface area (Å²) in [6.07, 6.45) is 0. The van der Waals surface area contributed by atoms with E-state index in [0.29, 0.717) is 49.3 Å². The van der Waals surface area contributed by atoms with Crippen molar-refractivity contribution in [3.63, 3.8) is 0 Å². The van der Waals surface area contributed by atoms with Gasteiger partial charge in [0.2, 0.25) is 0 Å². The van der Waals surface area contributed by atoms with Gasteiger partial charge >= 0.3 is 0 Å². The fourth-order valence-corrected chi connectivity index (χ4v) is 6.49. The second kappa shape index (κ2) is 11.8. The lowest BCUT2D eigenvalue weighted by Gasteiger charge is -2.35. The predicted molar refractivity (Wildman–Crippen MR) is 167 cm³/mol. The first-order chi connectivity index (χ1) is 18.9. The molecular weight excluding hydrogens is 621 g/mol. The molecule has 1 fully saturated rings. The van der Waals surface area contributed by atoms with Crippen LogP contribution in [0.2, 0.25) is 0 Å². The first-order valence-corrected chi connectivity index (χ1v) is 15.0. The number of rotatable bonds is 9. The lowest BCUT2D eigenvalue weighted by Crippen LogP contribution is -2.42. The molecule has 1 N–H and O–H groups in total. The van der Waals surface area contributed by atoms with Crippen LogP contribution in [0.15, 0.2) is 18.2 Å². The third kappa shape index (κ3) is 5.51. The van der Waals surface area contributed by atoms with E-state index in [9.17, 15) is 10.2 Å². The van der Waals surface area contributed by atoms with E-state index in [4.69, 9.17) is 18.9 Å². The molecule has 0 saturated carbocycles. The van der Waals surface area contributed by atoms with Gasteiger partial charge < -0.3 is 28.7 Å². The van der Waals surface area contributed by atoms with Crippen molar-refractivity contribution in [3.8, 4) is 17.2 Å². The van der Waals surface area contributed by atoms with Crippen molar-refractivity contribution in [1.29, 1.82) is 5.41 Å². The second-order valence-electron chi connectivity index (χ2n) is 11.6. The number of ketones is 1. The minimum atomic E-state index is -0.592. The summed E-state index contributed by atoms with van der Waals surface area (Å²) in [6, 6.07) is 5.90. The van der Waals surface area contributed by atoms with Gasteiger partial charge in [-0.2, -0.15) is 0 Å². The van der Waals surface area contributed by atoms with Crippen LogP contribution < -0.4 is 19.1 Å². The van der Waals surface area contributed by atoms with Gasteiger partial charge in [-0.3, -0.25) is 10.2 Å². The van der Waals surface area contributed by atoms with E-state index in [0.717, 1.165) is 44.8 Å². The molecule has 1 saturated heterocycles. The van der Waals surface area contributed by atoms with E-state index in [1.54, 1.807) is 7.11 Å². The van der Waals surface area contributed by atoms with Crippen LogP contribution in [-0.4, -0.2) is 69.7 Å². The van der Waals surface area contributed by atoms with Crippen LogP contribution in [0.1, 0.15) is 75.5 Å². The molecule has 0 aliphatic carbocycles. The fraction of sp³-hybridized carbons (Fsp3) is 0.548. The standard InChI is InChI=1S/C31H42IN3O5/c1-9-39-24-17-20-25(26(32)28(24)40-10-2)29(33)35(31(20,6)7)18-23(36)19-15-21(30(3,4)5)27(37-8)22(16-19)34-11-13-38-14-12-34/h15-17,33H,9-14,18H2,1-8H3. The molecule has 40 heavy (non-hydrogen) atoms. The van der Waals surface area contributed by atoms with Crippen LogP contribution in [0.4, 0.5) is 5.69 Å². The largest absolute Gasteiger partial charge is 0.494 e. The Balaban J connectivity index is 1.75. The number of halogens is 1. The Bertz CT molecular complexity index is 1300. The molecule has 0 unspecified atom stereocenters. The summed E-state index contributed by atoms with van der Waals surface area (Å²) >= 11 is 2.25. The van der Waals surface area contributed by atoms with Gasteiger partial charge in [0, 0.05) is 29.8 Å². The molecule has 0 spiro atoms. The van der Waals surface area contributed by atoms with Gasteiger partial charge in [0.15, 0.2) is 17.3 Å². The van der Waals surface area contributed by atoms with Gasteiger partial charge in [0.25, 0.3) is 0 Å². The van der Waals surface area contributed by atoms with E-state index in [-0.39, 0.29) is 17.7 Å². The number of nitrogens with one attached hydrogen (secondary N) is 1. The third-order valence-electron chi connectivity index (χ3n) is 7.67. The SMILES string of the molecule is CCOc1cc2c(c(I)c1OCC)C(=N)N(CC(=O)c1cc(N3CCOCC3)c(OC)c(C(C)(C)C)c1)C2(C)C. The highest BCUT2D eigenvalue weighted by molar-refractivity contribution is 14.1. The summed E-state index contributed by atoms with van der Waals surface area (Å²) in [5, 5.41) is 9.18. The predicted octanol–water partition coefficient (Wildman–Crippen LogP) is 5.99. The van der Waals surface area contributed by atoms with Crippen LogP contribution in [0.3, 0.4) is 0 Å². The van der Waals surface area contributed by atoms with Crippen molar-refractivity contribution < 1.29 is 23.7 Å². The summed E-state index contributed by atoms with van der Waals surface area (Å²) in [5.74, 6) is 2.39. The lowest BCUT2D eigenvalue weighted by atomic mass is 9.84. The van der Waals surface area contributed by atoms with Crippen molar-refractivity contribution in [1.82, 2.24) is 4.90 Å². The number of morpholine rings is 1. The van der Waals surface area contributed by atoms with Gasteiger partial charge in [-0.15, -0.1) is 0 Å². The van der Waals surface area contributed by atoms with E-state index >= 15 is 0 Å². The van der Waals surface area contributed by atoms with Crippen LogP contribution in [-0.2, 0) is 15.7 Å². The number of hydrogen-bond donors (Lipinski definition) is 1. The van der Waals surface area contributed by atoms with Gasteiger partial charge in [0.05, 0.1) is 54.9 Å². The number of nitrogens with zero attached hydrogens (tertiary/aromatic N) is 2. The summed E-state index contributed by atoms with van der Waals surface area (Å²) in [6.45, 7) is 18.2. The monoisotopic (exact) mass is 663 g/mol. The maximum Gasteiger partial charge on any atom is 0.182 e. The molecule has 0 bridgehead atoms. The van der Waals surface area contributed by atoms with Gasteiger partial charge in [0.1, 0.15) is 11.6 Å². The number of amidine groups is 1. The number of methoxy groups -OCH3 is 1. The average molecular weight is 664 g/mol. The molecule has 0 radical (unpaired) electrons. The Morgan fingerprint density at radius 1 is 1.07 bits per heavy atom. The number of benzene rings is 2. The Labute approximate surface area is 251 Å². The number of Topliss-reactive ketones (excluding diaryl/α,β-unsaturated/α-hetero) is 1. The highest BCUT2D eigenvalue weighted by Gasteiger charge is 2.44. The molecule has 0 amide bonds. The highest BCUT2D eigenvalue weighted by atomic mass is 127. The number of fused-ring (bicyclic) bond motifs is 1. The number of ether oxygens (including phenoxy) is 4. The molecule has 0 aromatic heterocycles. The first kappa shape index (κ1) is 30.4. The number of hydrogen-bond acceptors (Lipinski definition) is 7. The maximum absolute atomic E-state index is 14.0. The Morgan fingerprint density at radius 3 is 2.30 bits per heavy atom. The Hall–Kier alpha value is -2.53. The maximum atomic E-state index is 14.0. The second-order valence-corrected chi connectivity index (χ2v) is 12.7. The molecule has 8 nitrogen and oxygen atoms in total. The molecule has 0 atom stereocenters. The van der Waals surface area contributed by atoms with E-state index in [2.05, 4.69) is 62.1 Å². The number of carbonyl (C=O) groups is 1.